The Kier molecular flexibility index (Phi) is 3.74. The summed E-state index contributed by atoms with van der Waals surface area (Å²) in [5, 5.41) is 8.81. The molecule has 0 unspecified atom stereocenters. The molecule has 4 nitrogen and oxygen atoms in total. The van der Waals surface area contributed by atoms with Crippen molar-refractivity contribution in [2.45, 2.75) is 19.4 Å². The van der Waals surface area contributed by atoms with E-state index in [9.17, 15) is 18.4 Å². The van der Waals surface area contributed by atoms with Gasteiger partial charge in [0.15, 0.2) is 0 Å². The normalized spacial score (nSPS) is 22.2. The molecule has 1 aliphatic rings. The first-order valence-electron chi connectivity index (χ1n) is 6.27. The van der Waals surface area contributed by atoms with Crippen molar-refractivity contribution in [2.75, 3.05) is 7.05 Å². The SMILES string of the molecule is C[C@H](c1cc(F)ccc1F)N(C)C(=O)[C@@H]1C[C@@H]1C(=O)O. The van der Waals surface area contributed by atoms with Crippen LogP contribution in [-0.4, -0.2) is 28.9 Å². The van der Waals surface area contributed by atoms with E-state index in [1.807, 2.05) is 0 Å². The molecule has 20 heavy (non-hydrogen) atoms. The Morgan fingerprint density at radius 1 is 1.35 bits per heavy atom. The van der Waals surface area contributed by atoms with Crippen molar-refractivity contribution in [1.82, 2.24) is 4.90 Å². The summed E-state index contributed by atoms with van der Waals surface area (Å²) >= 11 is 0. The van der Waals surface area contributed by atoms with Crippen molar-refractivity contribution in [1.29, 1.82) is 0 Å². The van der Waals surface area contributed by atoms with E-state index in [0.29, 0.717) is 6.42 Å². The molecule has 0 heterocycles. The lowest BCUT2D eigenvalue weighted by Gasteiger charge is -2.26. The number of rotatable bonds is 4. The summed E-state index contributed by atoms with van der Waals surface area (Å²) in [7, 11) is 1.47. The van der Waals surface area contributed by atoms with Crippen molar-refractivity contribution in [3.05, 3.63) is 35.4 Å². The Balaban J connectivity index is 2.13. The second-order valence-electron chi connectivity index (χ2n) is 5.08. The van der Waals surface area contributed by atoms with Gasteiger partial charge in [-0.2, -0.15) is 0 Å². The molecule has 1 N–H and O–H groups in total. The van der Waals surface area contributed by atoms with Gasteiger partial charge in [0.05, 0.1) is 17.9 Å². The van der Waals surface area contributed by atoms with Gasteiger partial charge < -0.3 is 10.0 Å². The van der Waals surface area contributed by atoms with Crippen molar-refractivity contribution >= 4 is 11.9 Å². The van der Waals surface area contributed by atoms with Crippen molar-refractivity contribution in [3.8, 4) is 0 Å². The number of hydrogen-bond acceptors (Lipinski definition) is 2. The summed E-state index contributed by atoms with van der Waals surface area (Å²) in [6, 6.07) is 2.41. The third-order valence-electron chi connectivity index (χ3n) is 3.76. The molecule has 2 rings (SSSR count). The molecule has 1 fully saturated rings. The molecule has 1 aliphatic carbocycles. The van der Waals surface area contributed by atoms with Crippen LogP contribution >= 0.6 is 0 Å². The molecule has 1 aromatic carbocycles. The molecule has 0 spiro atoms. The molecule has 1 aromatic rings. The zero-order valence-electron chi connectivity index (χ0n) is 11.1. The first kappa shape index (κ1) is 14.4. The molecule has 0 radical (unpaired) electrons. The monoisotopic (exact) mass is 283 g/mol. The topological polar surface area (TPSA) is 57.6 Å². The van der Waals surface area contributed by atoms with Crippen LogP contribution in [0.1, 0.15) is 24.9 Å². The van der Waals surface area contributed by atoms with Crippen molar-refractivity contribution in [3.63, 3.8) is 0 Å². The third-order valence-corrected chi connectivity index (χ3v) is 3.76. The van der Waals surface area contributed by atoms with Gasteiger partial charge in [0.25, 0.3) is 0 Å². The average Bonchev–Trinajstić information content (AvgIpc) is 3.19. The molecule has 108 valence electrons. The fourth-order valence-corrected chi connectivity index (χ4v) is 2.24. The largest absolute Gasteiger partial charge is 0.481 e. The number of halogens is 2. The van der Waals surface area contributed by atoms with E-state index in [4.69, 9.17) is 5.11 Å². The molecule has 6 heteroatoms. The van der Waals surface area contributed by atoms with E-state index < -0.39 is 35.5 Å². The Labute approximate surface area is 115 Å². The summed E-state index contributed by atoms with van der Waals surface area (Å²) < 4.78 is 26.8. The van der Waals surface area contributed by atoms with Gasteiger partial charge in [-0.05, 0) is 31.5 Å². The number of nitrogens with zero attached hydrogens (tertiary/aromatic N) is 1. The lowest BCUT2D eigenvalue weighted by Crippen LogP contribution is -2.32. The summed E-state index contributed by atoms with van der Waals surface area (Å²) in [6.07, 6.45) is 0.302. The Bertz CT molecular complexity index is 561. The van der Waals surface area contributed by atoms with Gasteiger partial charge in [-0.15, -0.1) is 0 Å². The molecule has 0 bridgehead atoms. The molecule has 0 aliphatic heterocycles. The molecular formula is C14H15F2NO3. The number of amides is 1. The summed E-state index contributed by atoms with van der Waals surface area (Å²) in [4.78, 5) is 24.1. The maximum absolute atomic E-state index is 13.7. The minimum atomic E-state index is -0.999. The van der Waals surface area contributed by atoms with E-state index in [-0.39, 0.29) is 11.5 Å². The number of hydrogen-bond donors (Lipinski definition) is 1. The van der Waals surface area contributed by atoms with Crippen LogP contribution in [0.4, 0.5) is 8.78 Å². The van der Waals surface area contributed by atoms with Gasteiger partial charge in [-0.25, -0.2) is 8.78 Å². The van der Waals surface area contributed by atoms with Gasteiger partial charge in [0.2, 0.25) is 5.91 Å². The highest BCUT2D eigenvalue weighted by atomic mass is 19.1. The number of benzene rings is 1. The highest BCUT2D eigenvalue weighted by molar-refractivity contribution is 5.89. The number of carbonyl (C=O) groups is 2. The van der Waals surface area contributed by atoms with Crippen LogP contribution in [0, 0.1) is 23.5 Å². The Hall–Kier alpha value is -1.98. The molecule has 0 aromatic heterocycles. The number of carboxylic acids is 1. The number of carboxylic acid groups (broad SMARTS) is 1. The lowest BCUT2D eigenvalue weighted by molar-refractivity contribution is -0.142. The fourth-order valence-electron chi connectivity index (χ4n) is 2.24. The molecule has 3 atom stereocenters. The zero-order chi connectivity index (χ0) is 15.0. The van der Waals surface area contributed by atoms with Crippen LogP contribution in [0.25, 0.3) is 0 Å². The molecular weight excluding hydrogens is 268 g/mol. The number of aliphatic carboxylic acids is 1. The summed E-state index contributed by atoms with van der Waals surface area (Å²) in [5.74, 6) is -3.74. The minimum Gasteiger partial charge on any atom is -0.481 e. The maximum atomic E-state index is 13.7. The second kappa shape index (κ2) is 5.19. The van der Waals surface area contributed by atoms with E-state index in [1.54, 1.807) is 6.92 Å². The average molecular weight is 283 g/mol. The second-order valence-corrected chi connectivity index (χ2v) is 5.08. The molecule has 0 saturated heterocycles. The highest BCUT2D eigenvalue weighted by Gasteiger charge is 2.49. The van der Waals surface area contributed by atoms with E-state index >= 15 is 0 Å². The number of carbonyl (C=O) groups excluding carboxylic acids is 1. The zero-order valence-corrected chi connectivity index (χ0v) is 11.1. The van der Waals surface area contributed by atoms with Crippen LogP contribution in [0.15, 0.2) is 18.2 Å². The summed E-state index contributed by atoms with van der Waals surface area (Å²) in [5.41, 5.74) is 0.0772. The van der Waals surface area contributed by atoms with Crippen LogP contribution in [0.5, 0.6) is 0 Å². The molecule has 1 amide bonds. The van der Waals surface area contributed by atoms with Crippen molar-refractivity contribution in [2.24, 2.45) is 11.8 Å². The van der Waals surface area contributed by atoms with Gasteiger partial charge in [-0.3, -0.25) is 9.59 Å². The van der Waals surface area contributed by atoms with E-state index in [0.717, 1.165) is 18.2 Å². The minimum absolute atomic E-state index is 0.0772. The van der Waals surface area contributed by atoms with Crippen LogP contribution in [-0.2, 0) is 9.59 Å². The van der Waals surface area contributed by atoms with E-state index in [2.05, 4.69) is 0 Å². The van der Waals surface area contributed by atoms with Gasteiger partial charge >= 0.3 is 5.97 Å². The first-order chi connectivity index (χ1) is 9.32. The van der Waals surface area contributed by atoms with Crippen molar-refractivity contribution < 1.29 is 23.5 Å². The summed E-state index contributed by atoms with van der Waals surface area (Å²) in [6.45, 7) is 1.58. The lowest BCUT2D eigenvalue weighted by atomic mass is 10.1. The van der Waals surface area contributed by atoms with Gasteiger partial charge in [0.1, 0.15) is 11.6 Å². The van der Waals surface area contributed by atoms with Gasteiger partial charge in [-0.1, -0.05) is 0 Å². The predicted molar refractivity (Wildman–Crippen MR) is 66.8 cm³/mol. The van der Waals surface area contributed by atoms with Crippen LogP contribution in [0.2, 0.25) is 0 Å². The maximum Gasteiger partial charge on any atom is 0.307 e. The van der Waals surface area contributed by atoms with E-state index in [1.165, 1.54) is 11.9 Å². The van der Waals surface area contributed by atoms with Crippen LogP contribution in [0.3, 0.4) is 0 Å². The smallest absolute Gasteiger partial charge is 0.307 e. The standard InChI is InChI=1S/C14H15F2NO3/c1-7(9-5-8(15)3-4-12(9)16)17(2)13(18)10-6-11(10)14(19)20/h3-5,7,10-11H,6H2,1-2H3,(H,19,20)/t7-,10-,11+/m1/s1. The Morgan fingerprint density at radius 3 is 2.55 bits per heavy atom. The predicted octanol–water partition coefficient (Wildman–Crippen LogP) is 2.20. The Morgan fingerprint density at radius 2 is 2.00 bits per heavy atom. The fraction of sp³-hybridized carbons (Fsp3) is 0.429. The van der Waals surface area contributed by atoms with Crippen LogP contribution < -0.4 is 0 Å². The molecule has 1 saturated carbocycles. The van der Waals surface area contributed by atoms with Gasteiger partial charge in [0, 0.05) is 12.6 Å². The third kappa shape index (κ3) is 2.64. The highest BCUT2D eigenvalue weighted by Crippen LogP contribution is 2.41. The first-order valence-corrected chi connectivity index (χ1v) is 6.27. The quantitative estimate of drug-likeness (QED) is 0.921.